The van der Waals surface area contributed by atoms with Gasteiger partial charge in [0.25, 0.3) is 0 Å². The number of hydrogen-bond acceptors (Lipinski definition) is 3. The Morgan fingerprint density at radius 1 is 1.36 bits per heavy atom. The minimum atomic E-state index is -0.191. The second kappa shape index (κ2) is 2.37. The molecule has 4 nitrogen and oxygen atoms in total. The predicted molar refractivity (Wildman–Crippen MR) is 52.4 cm³/mol. The Balaban J connectivity index is 1.98. The molecule has 0 radical (unpaired) electrons. The molecule has 1 aromatic heterocycles. The summed E-state index contributed by atoms with van der Waals surface area (Å²) in [6.45, 7) is 1.97. The van der Waals surface area contributed by atoms with Gasteiger partial charge in [-0.3, -0.25) is 0 Å². The van der Waals surface area contributed by atoms with Gasteiger partial charge in [-0.2, -0.15) is 0 Å². The first-order valence-electron chi connectivity index (χ1n) is 5.25. The molecule has 2 N–H and O–H groups in total. The Kier molecular flexibility index (Phi) is 1.42. The zero-order valence-corrected chi connectivity index (χ0v) is 8.70. The van der Waals surface area contributed by atoms with Gasteiger partial charge in [0.1, 0.15) is 5.82 Å². The highest BCUT2D eigenvalue weighted by Gasteiger charge is 2.54. The Hall–Kier alpha value is -0.900. The first-order chi connectivity index (χ1) is 6.60. The molecule has 3 rings (SSSR count). The van der Waals surface area contributed by atoms with E-state index in [9.17, 15) is 0 Å². The van der Waals surface area contributed by atoms with E-state index < -0.39 is 0 Å². The molecule has 2 fully saturated rings. The van der Waals surface area contributed by atoms with Crippen LogP contribution >= 0.6 is 0 Å². The number of hydrogen-bond donors (Lipinski definition) is 1. The third-order valence-electron chi connectivity index (χ3n) is 3.86. The molecule has 2 unspecified atom stereocenters. The summed E-state index contributed by atoms with van der Waals surface area (Å²) in [5.41, 5.74) is 6.20. The minimum Gasteiger partial charge on any atom is -0.319 e. The van der Waals surface area contributed by atoms with Crippen LogP contribution in [-0.4, -0.2) is 14.8 Å². The summed E-state index contributed by atoms with van der Waals surface area (Å²) in [6.07, 6.45) is 3.59. The molecule has 1 aromatic rings. The Labute approximate surface area is 83.5 Å². The Morgan fingerprint density at radius 3 is 2.50 bits per heavy atom. The fraction of sp³-hybridized carbons (Fsp3) is 0.800. The van der Waals surface area contributed by atoms with Gasteiger partial charge in [-0.15, -0.1) is 10.2 Å². The van der Waals surface area contributed by atoms with Crippen molar-refractivity contribution in [2.45, 2.75) is 31.7 Å². The lowest BCUT2D eigenvalue weighted by molar-refractivity contribution is 0.374. The minimum absolute atomic E-state index is 0.191. The van der Waals surface area contributed by atoms with Crippen LogP contribution in [0.2, 0.25) is 0 Å². The van der Waals surface area contributed by atoms with E-state index in [4.69, 9.17) is 5.73 Å². The predicted octanol–water partition coefficient (Wildman–Crippen LogP) is 0.707. The van der Waals surface area contributed by atoms with Gasteiger partial charge in [-0.25, -0.2) is 0 Å². The maximum atomic E-state index is 6.39. The number of fused-ring (bicyclic) bond motifs is 1. The molecule has 0 spiro atoms. The molecular weight excluding hydrogens is 176 g/mol. The summed E-state index contributed by atoms with van der Waals surface area (Å²) in [5.74, 6) is 3.67. The molecule has 0 aromatic carbocycles. The lowest BCUT2D eigenvalue weighted by Gasteiger charge is -2.24. The SMILES string of the molecule is Cc1nnc(C2(N)CC3CC3C2)n1C. The topological polar surface area (TPSA) is 56.7 Å². The first-order valence-corrected chi connectivity index (χ1v) is 5.25. The molecule has 0 bridgehead atoms. The average molecular weight is 192 g/mol. The molecule has 14 heavy (non-hydrogen) atoms. The fourth-order valence-electron chi connectivity index (χ4n) is 2.85. The van der Waals surface area contributed by atoms with E-state index in [-0.39, 0.29) is 5.54 Å². The summed E-state index contributed by atoms with van der Waals surface area (Å²) in [6, 6.07) is 0. The van der Waals surface area contributed by atoms with Gasteiger partial charge in [0.2, 0.25) is 0 Å². The highest BCUT2D eigenvalue weighted by atomic mass is 15.3. The lowest BCUT2D eigenvalue weighted by atomic mass is 9.93. The third kappa shape index (κ3) is 0.974. The van der Waals surface area contributed by atoms with Crippen molar-refractivity contribution in [3.05, 3.63) is 11.6 Å². The Bertz CT molecular complexity index is 371. The summed E-state index contributed by atoms with van der Waals surface area (Å²) in [5, 5.41) is 8.29. The highest BCUT2D eigenvalue weighted by molar-refractivity contribution is 5.16. The van der Waals surface area contributed by atoms with Crippen molar-refractivity contribution in [2.75, 3.05) is 0 Å². The molecule has 2 aliphatic carbocycles. The molecule has 2 aliphatic rings. The second-order valence-corrected chi connectivity index (χ2v) is 4.95. The molecule has 0 amide bonds. The Morgan fingerprint density at radius 2 is 2.00 bits per heavy atom. The van der Waals surface area contributed by atoms with Crippen LogP contribution in [0.4, 0.5) is 0 Å². The molecule has 2 saturated carbocycles. The monoisotopic (exact) mass is 192 g/mol. The van der Waals surface area contributed by atoms with Crippen molar-refractivity contribution in [1.82, 2.24) is 14.8 Å². The first kappa shape index (κ1) is 8.41. The van der Waals surface area contributed by atoms with Gasteiger partial charge in [0.15, 0.2) is 5.82 Å². The molecular formula is C10H16N4. The highest BCUT2D eigenvalue weighted by Crippen LogP contribution is 2.57. The molecule has 0 aliphatic heterocycles. The van der Waals surface area contributed by atoms with E-state index >= 15 is 0 Å². The van der Waals surface area contributed by atoms with Gasteiger partial charge < -0.3 is 10.3 Å². The van der Waals surface area contributed by atoms with Crippen molar-refractivity contribution in [3.63, 3.8) is 0 Å². The van der Waals surface area contributed by atoms with E-state index in [1.165, 1.54) is 6.42 Å². The summed E-state index contributed by atoms with van der Waals surface area (Å²) in [7, 11) is 2.00. The van der Waals surface area contributed by atoms with Crippen molar-refractivity contribution in [3.8, 4) is 0 Å². The lowest BCUT2D eigenvalue weighted by Crippen LogP contribution is -2.37. The van der Waals surface area contributed by atoms with Gasteiger partial charge in [0.05, 0.1) is 5.54 Å². The number of nitrogens with zero attached hydrogens (tertiary/aromatic N) is 3. The van der Waals surface area contributed by atoms with E-state index in [1.807, 2.05) is 18.5 Å². The van der Waals surface area contributed by atoms with E-state index in [2.05, 4.69) is 10.2 Å². The second-order valence-electron chi connectivity index (χ2n) is 4.95. The van der Waals surface area contributed by atoms with E-state index in [1.54, 1.807) is 0 Å². The largest absolute Gasteiger partial charge is 0.319 e. The van der Waals surface area contributed by atoms with E-state index in [0.29, 0.717) is 0 Å². The maximum Gasteiger partial charge on any atom is 0.152 e. The van der Waals surface area contributed by atoms with Crippen LogP contribution < -0.4 is 5.73 Å². The van der Waals surface area contributed by atoms with Gasteiger partial charge in [-0.1, -0.05) is 0 Å². The molecule has 2 atom stereocenters. The smallest absolute Gasteiger partial charge is 0.152 e. The van der Waals surface area contributed by atoms with Crippen molar-refractivity contribution >= 4 is 0 Å². The maximum absolute atomic E-state index is 6.39. The van der Waals surface area contributed by atoms with Gasteiger partial charge in [0, 0.05) is 7.05 Å². The number of aromatic nitrogens is 3. The fourth-order valence-corrected chi connectivity index (χ4v) is 2.85. The van der Waals surface area contributed by atoms with Crippen LogP contribution in [0, 0.1) is 18.8 Å². The van der Waals surface area contributed by atoms with Crippen LogP contribution in [0.25, 0.3) is 0 Å². The van der Waals surface area contributed by atoms with Gasteiger partial charge >= 0.3 is 0 Å². The van der Waals surface area contributed by atoms with Crippen LogP contribution in [-0.2, 0) is 12.6 Å². The van der Waals surface area contributed by atoms with Gasteiger partial charge in [-0.05, 0) is 38.0 Å². The third-order valence-corrected chi connectivity index (χ3v) is 3.86. The molecule has 76 valence electrons. The standard InChI is InChI=1S/C10H16N4/c1-6-12-13-9(14(6)2)10(11)4-7-3-8(7)5-10/h7-8H,3-5,11H2,1-2H3. The molecule has 1 heterocycles. The van der Waals surface area contributed by atoms with Crippen LogP contribution in [0.1, 0.15) is 30.9 Å². The molecule has 4 heteroatoms. The zero-order chi connectivity index (χ0) is 9.92. The van der Waals surface area contributed by atoms with Crippen molar-refractivity contribution < 1.29 is 0 Å². The number of nitrogens with two attached hydrogens (primary N) is 1. The average Bonchev–Trinajstić information content (AvgIpc) is 2.58. The van der Waals surface area contributed by atoms with Crippen molar-refractivity contribution in [1.29, 1.82) is 0 Å². The van der Waals surface area contributed by atoms with E-state index in [0.717, 1.165) is 36.3 Å². The zero-order valence-electron chi connectivity index (χ0n) is 8.70. The van der Waals surface area contributed by atoms with Crippen LogP contribution in [0.5, 0.6) is 0 Å². The summed E-state index contributed by atoms with van der Waals surface area (Å²) in [4.78, 5) is 0. The van der Waals surface area contributed by atoms with Crippen LogP contribution in [0.3, 0.4) is 0 Å². The van der Waals surface area contributed by atoms with Crippen LogP contribution in [0.15, 0.2) is 0 Å². The quantitative estimate of drug-likeness (QED) is 0.713. The van der Waals surface area contributed by atoms with Crippen molar-refractivity contribution in [2.24, 2.45) is 24.6 Å². The summed E-state index contributed by atoms with van der Waals surface area (Å²) >= 11 is 0. The number of aryl methyl sites for hydroxylation is 1. The molecule has 0 saturated heterocycles. The summed E-state index contributed by atoms with van der Waals surface area (Å²) < 4.78 is 2.03. The normalized spacial score (nSPS) is 39.9. The number of rotatable bonds is 1.